The van der Waals surface area contributed by atoms with Gasteiger partial charge in [0, 0.05) is 0 Å². The Bertz CT molecular complexity index is 207. The summed E-state index contributed by atoms with van der Waals surface area (Å²) in [4.78, 5) is 11.6. The SMILES string of the molecule is C[C@@H]1O[C@H](C(=O)OC(C)(C)C)C[C@@H]1C. The van der Waals surface area contributed by atoms with Crippen LogP contribution in [0, 0.1) is 5.92 Å². The lowest BCUT2D eigenvalue weighted by Crippen LogP contribution is -2.31. The van der Waals surface area contributed by atoms with Gasteiger partial charge in [0.05, 0.1) is 6.10 Å². The van der Waals surface area contributed by atoms with E-state index >= 15 is 0 Å². The van der Waals surface area contributed by atoms with E-state index in [0.717, 1.165) is 6.42 Å². The molecule has 14 heavy (non-hydrogen) atoms. The zero-order valence-corrected chi connectivity index (χ0v) is 9.66. The molecule has 0 aliphatic carbocycles. The van der Waals surface area contributed by atoms with Gasteiger partial charge in [0.15, 0.2) is 6.10 Å². The van der Waals surface area contributed by atoms with Gasteiger partial charge in [-0.1, -0.05) is 6.92 Å². The van der Waals surface area contributed by atoms with Crippen molar-refractivity contribution in [1.82, 2.24) is 0 Å². The van der Waals surface area contributed by atoms with E-state index in [4.69, 9.17) is 9.47 Å². The Balaban J connectivity index is 2.48. The number of rotatable bonds is 1. The lowest BCUT2D eigenvalue weighted by molar-refractivity contribution is -0.167. The van der Waals surface area contributed by atoms with Gasteiger partial charge in [-0.25, -0.2) is 4.79 Å². The monoisotopic (exact) mass is 200 g/mol. The Hall–Kier alpha value is -0.570. The summed E-state index contributed by atoms with van der Waals surface area (Å²) in [6, 6.07) is 0. The van der Waals surface area contributed by atoms with Gasteiger partial charge in [0.2, 0.25) is 0 Å². The molecule has 0 saturated carbocycles. The largest absolute Gasteiger partial charge is 0.458 e. The molecule has 0 aromatic rings. The molecule has 1 rings (SSSR count). The van der Waals surface area contributed by atoms with Crippen LogP contribution in [-0.2, 0) is 14.3 Å². The quantitative estimate of drug-likeness (QED) is 0.608. The van der Waals surface area contributed by atoms with E-state index in [-0.39, 0.29) is 18.2 Å². The third-order valence-corrected chi connectivity index (χ3v) is 2.44. The molecule has 1 aliphatic heterocycles. The molecule has 1 saturated heterocycles. The van der Waals surface area contributed by atoms with Crippen molar-refractivity contribution in [3.63, 3.8) is 0 Å². The fourth-order valence-electron chi connectivity index (χ4n) is 1.50. The lowest BCUT2D eigenvalue weighted by Gasteiger charge is -2.21. The first kappa shape index (κ1) is 11.5. The summed E-state index contributed by atoms with van der Waals surface area (Å²) < 4.78 is 10.8. The van der Waals surface area contributed by atoms with Crippen LogP contribution in [-0.4, -0.2) is 23.8 Å². The molecule has 3 atom stereocenters. The standard InChI is InChI=1S/C11H20O3/c1-7-6-9(13-8(7)2)10(12)14-11(3,4)5/h7-9H,6H2,1-5H3/t7-,8-,9-/m0/s1. The van der Waals surface area contributed by atoms with Crippen molar-refractivity contribution < 1.29 is 14.3 Å². The Morgan fingerprint density at radius 2 is 1.93 bits per heavy atom. The zero-order chi connectivity index (χ0) is 10.9. The summed E-state index contributed by atoms with van der Waals surface area (Å²) in [5.74, 6) is 0.209. The van der Waals surface area contributed by atoms with E-state index in [2.05, 4.69) is 6.92 Å². The minimum atomic E-state index is -0.421. The third-order valence-electron chi connectivity index (χ3n) is 2.44. The molecule has 0 unspecified atom stereocenters. The number of ether oxygens (including phenoxy) is 2. The highest BCUT2D eigenvalue weighted by molar-refractivity contribution is 5.75. The molecule has 1 fully saturated rings. The van der Waals surface area contributed by atoms with E-state index in [1.165, 1.54) is 0 Å². The molecule has 0 N–H and O–H groups in total. The number of carbonyl (C=O) groups excluding carboxylic acids is 1. The molecule has 0 radical (unpaired) electrons. The maximum absolute atomic E-state index is 11.6. The van der Waals surface area contributed by atoms with Crippen LogP contribution < -0.4 is 0 Å². The topological polar surface area (TPSA) is 35.5 Å². The maximum atomic E-state index is 11.6. The van der Waals surface area contributed by atoms with Crippen molar-refractivity contribution in [2.75, 3.05) is 0 Å². The van der Waals surface area contributed by atoms with Crippen LogP contribution in [0.25, 0.3) is 0 Å². The number of esters is 1. The summed E-state index contributed by atoms with van der Waals surface area (Å²) in [7, 11) is 0. The first-order chi connectivity index (χ1) is 6.29. The Kier molecular flexibility index (Phi) is 3.20. The Labute approximate surface area is 85.8 Å². The second-order valence-corrected chi connectivity index (χ2v) is 5.08. The van der Waals surface area contributed by atoms with Crippen LogP contribution in [0.2, 0.25) is 0 Å². The highest BCUT2D eigenvalue weighted by Gasteiger charge is 2.36. The number of carbonyl (C=O) groups is 1. The first-order valence-electron chi connectivity index (χ1n) is 5.18. The van der Waals surface area contributed by atoms with E-state index in [0.29, 0.717) is 5.92 Å². The van der Waals surface area contributed by atoms with Crippen molar-refractivity contribution in [1.29, 1.82) is 0 Å². The van der Waals surface area contributed by atoms with Gasteiger partial charge in [-0.15, -0.1) is 0 Å². The third kappa shape index (κ3) is 2.98. The molecular formula is C11H20O3. The highest BCUT2D eigenvalue weighted by Crippen LogP contribution is 2.27. The fraction of sp³-hybridized carbons (Fsp3) is 0.909. The minimum Gasteiger partial charge on any atom is -0.458 e. The lowest BCUT2D eigenvalue weighted by atomic mass is 10.0. The van der Waals surface area contributed by atoms with Gasteiger partial charge in [-0.3, -0.25) is 0 Å². The summed E-state index contributed by atoms with van der Waals surface area (Å²) in [5.41, 5.74) is -0.421. The van der Waals surface area contributed by atoms with Gasteiger partial charge >= 0.3 is 5.97 Å². The predicted octanol–water partition coefficient (Wildman–Crippen LogP) is 2.14. The Morgan fingerprint density at radius 3 is 2.29 bits per heavy atom. The molecular weight excluding hydrogens is 180 g/mol. The highest BCUT2D eigenvalue weighted by atomic mass is 16.6. The van der Waals surface area contributed by atoms with Crippen LogP contribution in [0.3, 0.4) is 0 Å². The smallest absolute Gasteiger partial charge is 0.335 e. The van der Waals surface area contributed by atoms with Crippen molar-refractivity contribution in [2.24, 2.45) is 5.92 Å². The molecule has 3 nitrogen and oxygen atoms in total. The normalized spacial score (nSPS) is 33.1. The van der Waals surface area contributed by atoms with Crippen LogP contribution in [0.5, 0.6) is 0 Å². The number of hydrogen-bond donors (Lipinski definition) is 0. The van der Waals surface area contributed by atoms with Gasteiger partial charge in [-0.2, -0.15) is 0 Å². The van der Waals surface area contributed by atoms with Gasteiger partial charge in [0.1, 0.15) is 5.60 Å². The number of hydrogen-bond acceptors (Lipinski definition) is 3. The Morgan fingerprint density at radius 1 is 1.36 bits per heavy atom. The summed E-state index contributed by atoms with van der Waals surface area (Å²) in [6.45, 7) is 9.69. The fourth-order valence-corrected chi connectivity index (χ4v) is 1.50. The van der Waals surface area contributed by atoms with Gasteiger partial charge in [0.25, 0.3) is 0 Å². The van der Waals surface area contributed by atoms with Crippen LogP contribution >= 0.6 is 0 Å². The van der Waals surface area contributed by atoms with Crippen molar-refractivity contribution in [3.8, 4) is 0 Å². The molecule has 3 heteroatoms. The van der Waals surface area contributed by atoms with Crippen molar-refractivity contribution in [3.05, 3.63) is 0 Å². The first-order valence-corrected chi connectivity index (χ1v) is 5.18. The molecule has 0 amide bonds. The van der Waals surface area contributed by atoms with Crippen molar-refractivity contribution >= 4 is 5.97 Å². The van der Waals surface area contributed by atoms with Gasteiger partial charge in [-0.05, 0) is 40.0 Å². The van der Waals surface area contributed by atoms with E-state index < -0.39 is 5.60 Å². The minimum absolute atomic E-state index is 0.160. The summed E-state index contributed by atoms with van der Waals surface area (Å²) >= 11 is 0. The maximum Gasteiger partial charge on any atom is 0.335 e. The average Bonchev–Trinajstić information content (AvgIpc) is 2.28. The van der Waals surface area contributed by atoms with E-state index in [9.17, 15) is 4.79 Å². The second kappa shape index (κ2) is 3.89. The average molecular weight is 200 g/mol. The molecule has 0 aromatic carbocycles. The van der Waals surface area contributed by atoms with Crippen molar-refractivity contribution in [2.45, 2.75) is 58.8 Å². The van der Waals surface area contributed by atoms with Crippen LogP contribution in [0.4, 0.5) is 0 Å². The van der Waals surface area contributed by atoms with E-state index in [1.54, 1.807) is 0 Å². The molecule has 1 heterocycles. The van der Waals surface area contributed by atoms with Gasteiger partial charge < -0.3 is 9.47 Å². The molecule has 0 aromatic heterocycles. The zero-order valence-electron chi connectivity index (χ0n) is 9.66. The molecule has 0 spiro atoms. The molecule has 0 bridgehead atoms. The second-order valence-electron chi connectivity index (χ2n) is 5.08. The van der Waals surface area contributed by atoms with E-state index in [1.807, 2.05) is 27.7 Å². The van der Waals surface area contributed by atoms with Crippen LogP contribution in [0.1, 0.15) is 41.0 Å². The molecule has 1 aliphatic rings. The summed E-state index contributed by atoms with van der Waals surface area (Å²) in [6.07, 6.45) is 0.572. The summed E-state index contributed by atoms with van der Waals surface area (Å²) in [5, 5.41) is 0. The van der Waals surface area contributed by atoms with Crippen LogP contribution in [0.15, 0.2) is 0 Å². The predicted molar refractivity (Wildman–Crippen MR) is 54.0 cm³/mol. The molecule has 82 valence electrons.